The molecule has 0 fully saturated rings. The van der Waals surface area contributed by atoms with Crippen molar-refractivity contribution in [2.45, 2.75) is 29.8 Å². The Morgan fingerprint density at radius 1 is 1.04 bits per heavy atom. The van der Waals surface area contributed by atoms with Crippen molar-refractivity contribution >= 4 is 45.2 Å². The van der Waals surface area contributed by atoms with Crippen LogP contribution in [0, 0.1) is 0 Å². The van der Waals surface area contributed by atoms with E-state index in [4.69, 9.17) is 4.55 Å². The quantitative estimate of drug-likeness (QED) is 0.238. The summed E-state index contributed by atoms with van der Waals surface area (Å²) in [6.45, 7) is 2.58. The Morgan fingerprint density at radius 2 is 1.52 bits per heavy atom. The highest BCUT2D eigenvalue weighted by Gasteiger charge is 2.44. The van der Waals surface area contributed by atoms with Crippen molar-refractivity contribution in [3.05, 3.63) is 11.1 Å². The molecule has 13 heteroatoms. The van der Waals surface area contributed by atoms with Crippen molar-refractivity contribution in [2.24, 2.45) is 0 Å². The maximum Gasteiger partial charge on any atom is 0.455 e. The molecular weight excluding hydrogens is 433 g/mol. The van der Waals surface area contributed by atoms with Gasteiger partial charge in [-0.3, -0.25) is 14.1 Å². The summed E-state index contributed by atoms with van der Waals surface area (Å²) in [7, 11) is -4.47. The SMILES string of the molecule is CCSc1c(O)c(C(=O)C(F)(F)F)c(SCCS(=O)(=O)O)c(O)c1C(C)=O. The van der Waals surface area contributed by atoms with Gasteiger partial charge in [-0.2, -0.15) is 21.6 Å². The highest BCUT2D eigenvalue weighted by Crippen LogP contribution is 2.48. The number of Topliss-reactive ketones (excluding diaryl/α,β-unsaturated/α-hetero) is 2. The molecule has 0 saturated carbocycles. The van der Waals surface area contributed by atoms with E-state index in [1.54, 1.807) is 6.92 Å². The molecule has 0 heterocycles. The van der Waals surface area contributed by atoms with E-state index in [1.165, 1.54) is 0 Å². The first-order valence-electron chi connectivity index (χ1n) is 7.17. The molecule has 0 aliphatic heterocycles. The van der Waals surface area contributed by atoms with Gasteiger partial charge in [0, 0.05) is 5.75 Å². The molecule has 0 spiro atoms. The number of thioether (sulfide) groups is 2. The van der Waals surface area contributed by atoms with Crippen molar-refractivity contribution in [3.8, 4) is 11.5 Å². The molecule has 7 nitrogen and oxygen atoms in total. The first-order valence-corrected chi connectivity index (χ1v) is 10.8. The predicted molar refractivity (Wildman–Crippen MR) is 93.7 cm³/mol. The number of aromatic hydroxyl groups is 2. The minimum atomic E-state index is -5.39. The third-order valence-corrected chi connectivity index (χ3v) is 6.12. The fraction of sp³-hybridized carbons (Fsp3) is 0.429. The van der Waals surface area contributed by atoms with Crippen LogP contribution in [0.2, 0.25) is 0 Å². The van der Waals surface area contributed by atoms with E-state index in [0.717, 1.165) is 18.7 Å². The zero-order valence-electron chi connectivity index (χ0n) is 14.0. The van der Waals surface area contributed by atoms with Gasteiger partial charge < -0.3 is 10.2 Å². The Hall–Kier alpha value is -1.44. The van der Waals surface area contributed by atoms with Crippen LogP contribution in [0.1, 0.15) is 34.6 Å². The molecule has 152 valence electrons. The standard InChI is InChI=1S/C14H15F3O7S3/c1-3-25-11-7(6(2)18)9(19)12(26-4-5-27(22,23)24)8(10(11)20)13(21)14(15,16)17/h19-20H,3-5H2,1-2H3,(H,22,23,24). The van der Waals surface area contributed by atoms with Gasteiger partial charge in [0.2, 0.25) is 0 Å². The van der Waals surface area contributed by atoms with E-state index >= 15 is 0 Å². The van der Waals surface area contributed by atoms with Gasteiger partial charge >= 0.3 is 6.18 Å². The predicted octanol–water partition coefficient (Wildman–Crippen LogP) is 3.14. The molecule has 1 rings (SSSR count). The summed E-state index contributed by atoms with van der Waals surface area (Å²) in [5, 5.41) is 20.6. The monoisotopic (exact) mass is 448 g/mol. The molecule has 3 N–H and O–H groups in total. The summed E-state index contributed by atoms with van der Waals surface area (Å²) in [6, 6.07) is 0. The van der Waals surface area contributed by atoms with Crippen LogP contribution in [0.3, 0.4) is 0 Å². The number of rotatable bonds is 8. The molecule has 27 heavy (non-hydrogen) atoms. The number of carbonyl (C=O) groups excluding carboxylic acids is 2. The molecule has 0 aromatic heterocycles. The van der Waals surface area contributed by atoms with E-state index < -0.39 is 66.9 Å². The Bertz CT molecular complexity index is 864. The number of carbonyl (C=O) groups is 2. The first-order chi connectivity index (χ1) is 12.2. The fourth-order valence-corrected chi connectivity index (χ4v) is 4.90. The van der Waals surface area contributed by atoms with E-state index in [2.05, 4.69) is 0 Å². The molecule has 1 aromatic rings. The zero-order valence-corrected chi connectivity index (χ0v) is 16.4. The van der Waals surface area contributed by atoms with Gasteiger partial charge in [0.15, 0.2) is 5.78 Å². The molecular formula is C14H15F3O7S3. The lowest BCUT2D eigenvalue weighted by Crippen LogP contribution is -2.24. The average Bonchev–Trinajstić information content (AvgIpc) is 2.49. The van der Waals surface area contributed by atoms with Crippen molar-refractivity contribution in [3.63, 3.8) is 0 Å². The molecule has 0 unspecified atom stereocenters. The number of benzene rings is 1. The Balaban J connectivity index is 3.74. The van der Waals surface area contributed by atoms with Gasteiger partial charge in [-0.1, -0.05) is 6.92 Å². The highest BCUT2D eigenvalue weighted by atomic mass is 32.2. The number of hydrogen-bond acceptors (Lipinski definition) is 8. The molecule has 0 bridgehead atoms. The van der Waals surface area contributed by atoms with E-state index in [0.29, 0.717) is 0 Å². The summed E-state index contributed by atoms with van der Waals surface area (Å²) in [5.74, 6) is -6.55. The first kappa shape index (κ1) is 23.6. The largest absolute Gasteiger partial charge is 0.506 e. The molecule has 0 atom stereocenters. The molecule has 0 saturated heterocycles. The Morgan fingerprint density at radius 3 is 1.93 bits per heavy atom. The number of ketones is 2. The van der Waals surface area contributed by atoms with Crippen molar-refractivity contribution in [2.75, 3.05) is 17.3 Å². The maximum atomic E-state index is 13.0. The minimum Gasteiger partial charge on any atom is -0.506 e. The van der Waals surface area contributed by atoms with Gasteiger partial charge in [-0.05, 0) is 12.7 Å². The van der Waals surface area contributed by atoms with Crippen LogP contribution in [0.25, 0.3) is 0 Å². The van der Waals surface area contributed by atoms with Gasteiger partial charge in [0.1, 0.15) is 11.5 Å². The number of halogens is 3. The van der Waals surface area contributed by atoms with E-state index in [-0.39, 0.29) is 22.4 Å². The summed E-state index contributed by atoms with van der Waals surface area (Å²) in [5.41, 5.74) is -1.76. The van der Waals surface area contributed by atoms with Crippen LogP contribution in [0.5, 0.6) is 11.5 Å². The number of phenolic OH excluding ortho intramolecular Hbond substituents is 2. The minimum absolute atomic E-state index is 0.210. The smallest absolute Gasteiger partial charge is 0.455 e. The molecule has 0 amide bonds. The summed E-state index contributed by atoms with van der Waals surface area (Å²) < 4.78 is 69.2. The van der Waals surface area contributed by atoms with Gasteiger partial charge in [0.25, 0.3) is 15.9 Å². The summed E-state index contributed by atoms with van der Waals surface area (Å²) in [4.78, 5) is 22.5. The lowest BCUT2D eigenvalue weighted by atomic mass is 10.0. The number of hydrogen-bond donors (Lipinski definition) is 3. The van der Waals surface area contributed by atoms with Crippen molar-refractivity contribution < 1.29 is 45.9 Å². The van der Waals surface area contributed by atoms with Gasteiger partial charge in [0.05, 0.1) is 26.7 Å². The third kappa shape index (κ3) is 5.77. The number of phenols is 2. The molecule has 1 aromatic carbocycles. The van der Waals surface area contributed by atoms with E-state index in [9.17, 15) is 41.4 Å². The summed E-state index contributed by atoms with van der Waals surface area (Å²) >= 11 is 1.04. The van der Waals surface area contributed by atoms with Crippen molar-refractivity contribution in [1.29, 1.82) is 0 Å². The second kappa shape index (κ2) is 8.71. The average molecular weight is 448 g/mol. The maximum absolute atomic E-state index is 13.0. The second-order valence-electron chi connectivity index (χ2n) is 5.06. The topological polar surface area (TPSA) is 129 Å². The molecule has 0 aliphatic rings. The lowest BCUT2D eigenvalue weighted by Gasteiger charge is -2.19. The normalized spacial score (nSPS) is 12.2. The second-order valence-corrected chi connectivity index (χ2v) is 9.01. The van der Waals surface area contributed by atoms with E-state index in [1.807, 2.05) is 0 Å². The summed E-state index contributed by atoms with van der Waals surface area (Å²) in [6.07, 6.45) is -5.39. The van der Waals surface area contributed by atoms with Crippen LogP contribution in [-0.2, 0) is 10.1 Å². The molecule has 0 radical (unpaired) electrons. The Kier molecular flexibility index (Phi) is 7.61. The number of alkyl halides is 3. The van der Waals surface area contributed by atoms with Crippen LogP contribution in [0.15, 0.2) is 9.79 Å². The van der Waals surface area contributed by atoms with Gasteiger partial charge in [-0.25, -0.2) is 0 Å². The van der Waals surface area contributed by atoms with Crippen LogP contribution >= 0.6 is 23.5 Å². The van der Waals surface area contributed by atoms with Crippen LogP contribution < -0.4 is 0 Å². The fourth-order valence-electron chi connectivity index (χ4n) is 2.03. The van der Waals surface area contributed by atoms with Crippen molar-refractivity contribution in [1.82, 2.24) is 0 Å². The van der Waals surface area contributed by atoms with Crippen LogP contribution in [0.4, 0.5) is 13.2 Å². The third-order valence-electron chi connectivity index (χ3n) is 3.07. The molecule has 0 aliphatic carbocycles. The highest BCUT2D eigenvalue weighted by molar-refractivity contribution is 8.00. The Labute approximate surface area is 161 Å². The zero-order chi connectivity index (χ0) is 21.2. The van der Waals surface area contributed by atoms with Gasteiger partial charge in [-0.15, -0.1) is 23.5 Å². The lowest BCUT2D eigenvalue weighted by molar-refractivity contribution is -0.0888. The van der Waals surface area contributed by atoms with Crippen LogP contribution in [-0.4, -0.2) is 58.2 Å².